The Hall–Kier alpha value is -1.29. The maximum Gasteiger partial charge on any atom is 0.0669 e. The van der Waals surface area contributed by atoms with Crippen LogP contribution in [0.3, 0.4) is 0 Å². The largest absolute Gasteiger partial charge is 0.198 e. The molecule has 0 bridgehead atoms. The SMILES string of the molecule is C=C/C(C)=C\C(=C)CC#N.CC. The number of hydrogen-bond donors (Lipinski definition) is 0. The molecule has 0 spiro atoms. The van der Waals surface area contributed by atoms with E-state index < -0.39 is 0 Å². The number of allylic oxidation sites excluding steroid dienone is 4. The molecule has 0 aliphatic heterocycles. The van der Waals surface area contributed by atoms with Crippen molar-refractivity contribution in [2.75, 3.05) is 0 Å². The lowest BCUT2D eigenvalue weighted by Gasteiger charge is -1.91. The van der Waals surface area contributed by atoms with Crippen LogP contribution < -0.4 is 0 Å². The monoisotopic (exact) mass is 163 g/mol. The smallest absolute Gasteiger partial charge is 0.0669 e. The highest BCUT2D eigenvalue weighted by atomic mass is 14.2. The van der Waals surface area contributed by atoms with E-state index in [-0.39, 0.29) is 0 Å². The van der Waals surface area contributed by atoms with Gasteiger partial charge in [0.15, 0.2) is 0 Å². The van der Waals surface area contributed by atoms with Crippen molar-refractivity contribution in [2.24, 2.45) is 0 Å². The Morgan fingerprint density at radius 2 is 2.00 bits per heavy atom. The van der Waals surface area contributed by atoms with Crippen LogP contribution in [0, 0.1) is 11.3 Å². The van der Waals surface area contributed by atoms with Gasteiger partial charge in [0.2, 0.25) is 0 Å². The van der Waals surface area contributed by atoms with Gasteiger partial charge in [0.1, 0.15) is 0 Å². The van der Waals surface area contributed by atoms with E-state index in [0.29, 0.717) is 6.42 Å². The van der Waals surface area contributed by atoms with Gasteiger partial charge in [-0.05, 0) is 12.5 Å². The van der Waals surface area contributed by atoms with Crippen LogP contribution in [0.2, 0.25) is 0 Å². The molecule has 0 N–H and O–H groups in total. The highest BCUT2D eigenvalue weighted by molar-refractivity contribution is 5.27. The summed E-state index contributed by atoms with van der Waals surface area (Å²) < 4.78 is 0. The summed E-state index contributed by atoms with van der Waals surface area (Å²) in [5.74, 6) is 0. The van der Waals surface area contributed by atoms with E-state index in [4.69, 9.17) is 5.26 Å². The Labute approximate surface area is 75.7 Å². The number of nitriles is 1. The number of nitrogens with zero attached hydrogens (tertiary/aromatic N) is 1. The Bertz CT molecular complexity index is 204. The molecule has 1 heteroatoms. The van der Waals surface area contributed by atoms with Crippen LogP contribution in [-0.4, -0.2) is 0 Å². The zero-order chi connectivity index (χ0) is 9.98. The Morgan fingerprint density at radius 1 is 1.50 bits per heavy atom. The molecular weight excluding hydrogens is 146 g/mol. The highest BCUT2D eigenvalue weighted by Crippen LogP contribution is 2.03. The maximum atomic E-state index is 8.26. The molecule has 0 aromatic heterocycles. The lowest BCUT2D eigenvalue weighted by Crippen LogP contribution is -1.74. The summed E-state index contributed by atoms with van der Waals surface area (Å²) in [5.41, 5.74) is 1.88. The molecule has 0 radical (unpaired) electrons. The van der Waals surface area contributed by atoms with Crippen LogP contribution in [-0.2, 0) is 0 Å². The maximum absolute atomic E-state index is 8.26. The Kier molecular flexibility index (Phi) is 10.8. The van der Waals surface area contributed by atoms with Gasteiger partial charge in [-0.3, -0.25) is 0 Å². The molecule has 0 atom stereocenters. The van der Waals surface area contributed by atoms with Crippen molar-refractivity contribution in [2.45, 2.75) is 27.2 Å². The zero-order valence-electron chi connectivity index (χ0n) is 8.22. The minimum absolute atomic E-state index is 0.394. The number of rotatable bonds is 3. The summed E-state index contributed by atoms with van der Waals surface area (Å²) in [6.45, 7) is 13.2. The van der Waals surface area contributed by atoms with Gasteiger partial charge >= 0.3 is 0 Å². The molecule has 0 heterocycles. The van der Waals surface area contributed by atoms with Crippen molar-refractivity contribution >= 4 is 0 Å². The lowest BCUT2D eigenvalue weighted by molar-refractivity contribution is 1.27. The minimum Gasteiger partial charge on any atom is -0.198 e. The molecule has 12 heavy (non-hydrogen) atoms. The van der Waals surface area contributed by atoms with E-state index in [0.717, 1.165) is 11.1 Å². The van der Waals surface area contributed by atoms with E-state index in [9.17, 15) is 0 Å². The molecule has 0 amide bonds. The van der Waals surface area contributed by atoms with Crippen molar-refractivity contribution in [3.63, 3.8) is 0 Å². The third-order valence-electron chi connectivity index (χ3n) is 1.06. The second kappa shape index (κ2) is 9.71. The Morgan fingerprint density at radius 3 is 2.33 bits per heavy atom. The van der Waals surface area contributed by atoms with Crippen LogP contribution in [0.4, 0.5) is 0 Å². The second-order valence-corrected chi connectivity index (χ2v) is 2.09. The summed E-state index contributed by atoms with van der Waals surface area (Å²) in [7, 11) is 0. The summed E-state index contributed by atoms with van der Waals surface area (Å²) in [6.07, 6.45) is 3.99. The highest BCUT2D eigenvalue weighted by Gasteiger charge is 1.86. The van der Waals surface area contributed by atoms with Gasteiger partial charge in [0, 0.05) is 0 Å². The standard InChI is InChI=1S/C9H11N.C2H6/c1-4-8(2)7-9(3)5-6-10;1-2/h4,7H,1,3,5H2,2H3;1-2H3/b8-7-;. The average molecular weight is 163 g/mol. The van der Waals surface area contributed by atoms with Crippen LogP contribution in [0.5, 0.6) is 0 Å². The van der Waals surface area contributed by atoms with Crippen molar-refractivity contribution in [1.29, 1.82) is 5.26 Å². The quantitative estimate of drug-likeness (QED) is 0.583. The van der Waals surface area contributed by atoms with Gasteiger partial charge in [-0.15, -0.1) is 0 Å². The summed E-state index contributed by atoms with van der Waals surface area (Å²) in [5, 5.41) is 8.26. The summed E-state index contributed by atoms with van der Waals surface area (Å²) in [4.78, 5) is 0. The molecule has 66 valence electrons. The first-order chi connectivity index (χ1) is 5.70. The first-order valence-electron chi connectivity index (χ1n) is 4.06. The first kappa shape index (κ1) is 13.3. The third kappa shape index (κ3) is 8.71. The van der Waals surface area contributed by atoms with E-state index in [1.165, 1.54) is 0 Å². The van der Waals surface area contributed by atoms with Crippen molar-refractivity contribution in [1.82, 2.24) is 0 Å². The van der Waals surface area contributed by atoms with Crippen LogP contribution in [0.1, 0.15) is 27.2 Å². The lowest BCUT2D eigenvalue weighted by atomic mass is 10.1. The third-order valence-corrected chi connectivity index (χ3v) is 1.06. The molecule has 0 aliphatic carbocycles. The van der Waals surface area contributed by atoms with Gasteiger partial charge in [0.25, 0.3) is 0 Å². The predicted octanol–water partition coefficient (Wildman–Crippen LogP) is 3.61. The van der Waals surface area contributed by atoms with Crippen LogP contribution in [0.25, 0.3) is 0 Å². The minimum atomic E-state index is 0.394. The second-order valence-electron chi connectivity index (χ2n) is 2.09. The molecule has 0 aromatic carbocycles. The van der Waals surface area contributed by atoms with Crippen molar-refractivity contribution < 1.29 is 0 Å². The molecule has 1 nitrogen and oxygen atoms in total. The normalized spacial score (nSPS) is 9.00. The zero-order valence-corrected chi connectivity index (χ0v) is 8.22. The summed E-state index contributed by atoms with van der Waals surface area (Å²) >= 11 is 0. The molecule has 0 unspecified atom stereocenters. The first-order valence-corrected chi connectivity index (χ1v) is 4.06. The van der Waals surface area contributed by atoms with Crippen LogP contribution >= 0.6 is 0 Å². The van der Waals surface area contributed by atoms with Gasteiger partial charge in [-0.1, -0.05) is 44.7 Å². The van der Waals surface area contributed by atoms with E-state index in [1.807, 2.05) is 32.9 Å². The predicted molar refractivity (Wildman–Crippen MR) is 54.7 cm³/mol. The van der Waals surface area contributed by atoms with Crippen molar-refractivity contribution in [3.05, 3.63) is 36.5 Å². The fourth-order valence-electron chi connectivity index (χ4n) is 0.533. The number of hydrogen-bond acceptors (Lipinski definition) is 1. The molecule has 0 saturated carbocycles. The Balaban J connectivity index is 0. The van der Waals surface area contributed by atoms with Gasteiger partial charge < -0.3 is 0 Å². The van der Waals surface area contributed by atoms with E-state index >= 15 is 0 Å². The molecule has 0 fully saturated rings. The molecule has 0 rings (SSSR count). The molecule has 0 aliphatic rings. The van der Waals surface area contributed by atoms with Gasteiger partial charge in [-0.2, -0.15) is 5.26 Å². The molecule has 0 aromatic rings. The fraction of sp³-hybridized carbons (Fsp3) is 0.364. The average Bonchev–Trinajstić information content (AvgIpc) is 2.08. The van der Waals surface area contributed by atoms with Gasteiger partial charge in [0.05, 0.1) is 12.5 Å². The molecular formula is C11H17N. The van der Waals surface area contributed by atoms with Gasteiger partial charge in [-0.25, -0.2) is 0 Å². The van der Waals surface area contributed by atoms with Crippen molar-refractivity contribution in [3.8, 4) is 6.07 Å². The van der Waals surface area contributed by atoms with E-state index in [1.54, 1.807) is 6.08 Å². The summed E-state index contributed by atoms with van der Waals surface area (Å²) in [6, 6.07) is 2.02. The topological polar surface area (TPSA) is 23.8 Å². The van der Waals surface area contributed by atoms with E-state index in [2.05, 4.69) is 13.2 Å². The fourth-order valence-corrected chi connectivity index (χ4v) is 0.533. The molecule has 0 saturated heterocycles. The van der Waals surface area contributed by atoms with Crippen LogP contribution in [0.15, 0.2) is 36.5 Å².